The van der Waals surface area contributed by atoms with Gasteiger partial charge in [0, 0.05) is 0 Å². The molecule has 1 aliphatic heterocycles. The van der Waals surface area contributed by atoms with Crippen molar-refractivity contribution in [3.8, 4) is 17.2 Å². The molecule has 0 bridgehead atoms. The number of esters is 1. The summed E-state index contributed by atoms with van der Waals surface area (Å²) in [4.78, 5) is 24.1. The van der Waals surface area contributed by atoms with E-state index in [-0.39, 0.29) is 17.4 Å². The predicted molar refractivity (Wildman–Crippen MR) is 89.5 cm³/mol. The van der Waals surface area contributed by atoms with Crippen LogP contribution in [0.4, 0.5) is 5.69 Å². The van der Waals surface area contributed by atoms with Crippen LogP contribution in [0.3, 0.4) is 0 Å². The van der Waals surface area contributed by atoms with Gasteiger partial charge >= 0.3 is 5.97 Å². The van der Waals surface area contributed by atoms with Gasteiger partial charge < -0.3 is 24.3 Å². The first kappa shape index (κ1) is 16.9. The summed E-state index contributed by atoms with van der Waals surface area (Å²) in [6.45, 7) is -0.419. The average molecular weight is 364 g/mol. The molecule has 3 rings (SSSR count). The number of anilines is 1. The second kappa shape index (κ2) is 7.31. The number of fused-ring (bicyclic) bond motifs is 1. The lowest BCUT2D eigenvalue weighted by Gasteiger charge is -2.10. The van der Waals surface area contributed by atoms with Crippen molar-refractivity contribution in [2.24, 2.45) is 0 Å². The van der Waals surface area contributed by atoms with Crippen LogP contribution in [0, 0.1) is 0 Å². The Balaban J connectivity index is 1.61. The van der Waals surface area contributed by atoms with Gasteiger partial charge in [-0.25, -0.2) is 4.79 Å². The van der Waals surface area contributed by atoms with Crippen LogP contribution < -0.4 is 19.5 Å². The summed E-state index contributed by atoms with van der Waals surface area (Å²) in [5.41, 5.74) is 0.650. The van der Waals surface area contributed by atoms with Crippen molar-refractivity contribution in [2.75, 3.05) is 25.8 Å². The molecular weight excluding hydrogens is 350 g/mol. The highest BCUT2D eigenvalue weighted by molar-refractivity contribution is 6.32. The van der Waals surface area contributed by atoms with Crippen LogP contribution in [0.1, 0.15) is 10.4 Å². The molecule has 0 radical (unpaired) electrons. The van der Waals surface area contributed by atoms with E-state index in [1.54, 1.807) is 24.3 Å². The van der Waals surface area contributed by atoms with E-state index in [4.69, 9.17) is 30.5 Å². The van der Waals surface area contributed by atoms with Gasteiger partial charge in [0.2, 0.25) is 6.79 Å². The number of carbonyl (C=O) groups excluding carboxylic acids is 2. The van der Waals surface area contributed by atoms with Crippen molar-refractivity contribution >= 4 is 29.2 Å². The number of halogens is 1. The van der Waals surface area contributed by atoms with Crippen molar-refractivity contribution in [3.05, 3.63) is 47.0 Å². The standard InChI is InChI=1S/C17H14ClNO6/c1-22-13-5-3-2-4-12(13)19-15(20)8-23-17(21)10-6-11(18)16-14(7-10)24-9-25-16/h2-7H,8-9H2,1H3,(H,19,20). The highest BCUT2D eigenvalue weighted by atomic mass is 35.5. The summed E-state index contributed by atoms with van der Waals surface area (Å²) in [6, 6.07) is 9.76. The molecule has 8 heteroatoms. The van der Waals surface area contributed by atoms with Crippen molar-refractivity contribution < 1.29 is 28.5 Å². The highest BCUT2D eigenvalue weighted by Crippen LogP contribution is 2.39. The molecule has 0 unspecified atom stereocenters. The molecule has 1 heterocycles. The third kappa shape index (κ3) is 3.77. The van der Waals surface area contributed by atoms with Gasteiger partial charge in [0.05, 0.1) is 23.4 Å². The van der Waals surface area contributed by atoms with Crippen LogP contribution in [0.5, 0.6) is 17.2 Å². The molecule has 1 N–H and O–H groups in total. The molecule has 25 heavy (non-hydrogen) atoms. The Hall–Kier alpha value is -2.93. The second-order valence-corrected chi connectivity index (χ2v) is 5.42. The van der Waals surface area contributed by atoms with Gasteiger partial charge in [-0.15, -0.1) is 0 Å². The Morgan fingerprint density at radius 3 is 2.84 bits per heavy atom. The monoisotopic (exact) mass is 363 g/mol. The summed E-state index contributed by atoms with van der Waals surface area (Å²) in [5, 5.41) is 2.85. The van der Waals surface area contributed by atoms with E-state index in [2.05, 4.69) is 5.32 Å². The highest BCUT2D eigenvalue weighted by Gasteiger charge is 2.21. The number of para-hydroxylation sites is 2. The third-order valence-corrected chi connectivity index (χ3v) is 3.66. The molecule has 7 nitrogen and oxygen atoms in total. The quantitative estimate of drug-likeness (QED) is 0.822. The molecule has 0 aliphatic carbocycles. The lowest BCUT2D eigenvalue weighted by Crippen LogP contribution is -2.21. The zero-order valence-electron chi connectivity index (χ0n) is 13.2. The number of benzene rings is 2. The first-order valence-corrected chi connectivity index (χ1v) is 7.65. The molecule has 0 saturated carbocycles. The van der Waals surface area contributed by atoms with Crippen molar-refractivity contribution in [1.82, 2.24) is 0 Å². The number of hydrogen-bond acceptors (Lipinski definition) is 6. The largest absolute Gasteiger partial charge is 0.495 e. The molecule has 130 valence electrons. The van der Waals surface area contributed by atoms with Gasteiger partial charge in [-0.3, -0.25) is 4.79 Å². The van der Waals surface area contributed by atoms with Gasteiger partial charge in [0.15, 0.2) is 18.1 Å². The normalized spacial score (nSPS) is 11.8. The summed E-state index contributed by atoms with van der Waals surface area (Å²) >= 11 is 6.02. The van der Waals surface area contributed by atoms with Crippen LogP contribution in [0.25, 0.3) is 0 Å². The van der Waals surface area contributed by atoms with E-state index in [0.717, 1.165) is 0 Å². The second-order valence-electron chi connectivity index (χ2n) is 5.02. The average Bonchev–Trinajstić information content (AvgIpc) is 3.09. The SMILES string of the molecule is COc1ccccc1NC(=O)COC(=O)c1cc(Cl)c2c(c1)OCO2. The molecule has 0 aromatic heterocycles. The van der Waals surface area contributed by atoms with Crippen LogP contribution >= 0.6 is 11.6 Å². The number of carbonyl (C=O) groups is 2. The molecule has 0 fully saturated rings. The first-order chi connectivity index (χ1) is 12.1. The molecular formula is C17H14ClNO6. The maximum Gasteiger partial charge on any atom is 0.338 e. The van der Waals surface area contributed by atoms with Gasteiger partial charge in [0.1, 0.15) is 5.75 Å². The topological polar surface area (TPSA) is 83.1 Å². The van der Waals surface area contributed by atoms with Gasteiger partial charge in [-0.2, -0.15) is 0 Å². The fourth-order valence-electron chi connectivity index (χ4n) is 2.23. The van der Waals surface area contributed by atoms with E-state index in [1.165, 1.54) is 19.2 Å². The molecule has 0 spiro atoms. The Morgan fingerprint density at radius 1 is 1.24 bits per heavy atom. The summed E-state index contributed by atoms with van der Waals surface area (Å²) < 4.78 is 20.5. The number of amides is 1. The summed E-state index contributed by atoms with van der Waals surface area (Å²) in [6.07, 6.45) is 0. The summed E-state index contributed by atoms with van der Waals surface area (Å²) in [5.74, 6) is 0.0508. The van der Waals surface area contributed by atoms with E-state index < -0.39 is 18.5 Å². The van der Waals surface area contributed by atoms with Crippen molar-refractivity contribution in [2.45, 2.75) is 0 Å². The molecule has 0 atom stereocenters. The van der Waals surface area contributed by atoms with Crippen molar-refractivity contribution in [3.63, 3.8) is 0 Å². The fraction of sp³-hybridized carbons (Fsp3) is 0.176. The molecule has 1 aliphatic rings. The minimum absolute atomic E-state index is 0.0366. The summed E-state index contributed by atoms with van der Waals surface area (Å²) in [7, 11) is 1.49. The lowest BCUT2D eigenvalue weighted by atomic mass is 10.2. The van der Waals surface area contributed by atoms with E-state index in [0.29, 0.717) is 22.9 Å². The van der Waals surface area contributed by atoms with E-state index >= 15 is 0 Å². The maximum atomic E-state index is 12.1. The van der Waals surface area contributed by atoms with Gasteiger partial charge in [-0.05, 0) is 24.3 Å². The molecule has 2 aromatic carbocycles. The zero-order valence-corrected chi connectivity index (χ0v) is 14.0. The lowest BCUT2D eigenvalue weighted by molar-refractivity contribution is -0.119. The first-order valence-electron chi connectivity index (χ1n) is 7.27. The number of nitrogens with one attached hydrogen (secondary N) is 1. The minimum atomic E-state index is -0.699. The molecule has 2 aromatic rings. The van der Waals surface area contributed by atoms with E-state index in [1.807, 2.05) is 0 Å². The number of hydrogen-bond donors (Lipinski definition) is 1. The number of rotatable bonds is 5. The minimum Gasteiger partial charge on any atom is -0.495 e. The number of ether oxygens (including phenoxy) is 4. The Morgan fingerprint density at radius 2 is 2.04 bits per heavy atom. The number of methoxy groups -OCH3 is 1. The fourth-order valence-corrected chi connectivity index (χ4v) is 2.50. The predicted octanol–water partition coefficient (Wildman–Crippen LogP) is 2.87. The molecule has 0 saturated heterocycles. The van der Waals surface area contributed by atoms with Crippen LogP contribution in [0.2, 0.25) is 5.02 Å². The van der Waals surface area contributed by atoms with Crippen LogP contribution in [-0.2, 0) is 9.53 Å². The van der Waals surface area contributed by atoms with Gasteiger partial charge in [-0.1, -0.05) is 23.7 Å². The zero-order chi connectivity index (χ0) is 17.8. The van der Waals surface area contributed by atoms with Crippen LogP contribution in [0.15, 0.2) is 36.4 Å². The smallest absolute Gasteiger partial charge is 0.338 e. The maximum absolute atomic E-state index is 12.1. The Labute approximate surface area is 148 Å². The third-order valence-electron chi connectivity index (χ3n) is 3.38. The van der Waals surface area contributed by atoms with Gasteiger partial charge in [0.25, 0.3) is 5.91 Å². The van der Waals surface area contributed by atoms with E-state index in [9.17, 15) is 9.59 Å². The molecule has 1 amide bonds. The Kier molecular flexibility index (Phi) is 4.95. The Bertz CT molecular complexity index is 823. The van der Waals surface area contributed by atoms with Crippen molar-refractivity contribution in [1.29, 1.82) is 0 Å². The van der Waals surface area contributed by atoms with Crippen LogP contribution in [-0.4, -0.2) is 32.4 Å².